The highest BCUT2D eigenvalue weighted by Gasteiger charge is 2.36. The largest absolute Gasteiger partial charge is 0.476 e. The smallest absolute Gasteiger partial charge is 0.267 e. The Labute approximate surface area is 174 Å². The van der Waals surface area contributed by atoms with Crippen LogP contribution in [-0.4, -0.2) is 33.2 Å². The van der Waals surface area contributed by atoms with Crippen molar-refractivity contribution in [2.45, 2.75) is 32.3 Å². The molecular formula is C20H22ClFN2O4S. The number of benzene rings is 2. The number of hydrogen-bond donors (Lipinski definition) is 1. The van der Waals surface area contributed by atoms with Crippen LogP contribution in [-0.2, 0) is 20.2 Å². The summed E-state index contributed by atoms with van der Waals surface area (Å²) in [5.74, 6) is -0.871. The molecule has 2 aromatic carbocycles. The molecule has 9 heteroatoms. The number of anilines is 2. The summed E-state index contributed by atoms with van der Waals surface area (Å²) in [6, 6.07) is 9.05. The average molecular weight is 441 g/mol. The Kier molecular flexibility index (Phi) is 5.53. The van der Waals surface area contributed by atoms with Gasteiger partial charge in [-0.2, -0.15) is 0 Å². The van der Waals surface area contributed by atoms with E-state index >= 15 is 0 Å². The number of nitrogens with one attached hydrogen (secondary N) is 1. The van der Waals surface area contributed by atoms with Gasteiger partial charge in [0.2, 0.25) is 10.0 Å². The molecule has 1 N–H and O–H groups in total. The highest BCUT2D eigenvalue weighted by Crippen LogP contribution is 2.38. The number of hydrogen-bond acceptors (Lipinski definition) is 4. The Hall–Kier alpha value is -2.32. The van der Waals surface area contributed by atoms with Crippen molar-refractivity contribution < 1.29 is 22.3 Å². The van der Waals surface area contributed by atoms with Gasteiger partial charge in [-0.25, -0.2) is 12.8 Å². The van der Waals surface area contributed by atoms with Gasteiger partial charge in [-0.3, -0.25) is 9.10 Å². The molecule has 0 aliphatic carbocycles. The Morgan fingerprint density at radius 1 is 1.24 bits per heavy atom. The molecule has 0 saturated carbocycles. The summed E-state index contributed by atoms with van der Waals surface area (Å²) >= 11 is 5.74. The molecule has 3 rings (SSSR count). The maximum absolute atomic E-state index is 13.3. The highest BCUT2D eigenvalue weighted by molar-refractivity contribution is 7.92. The topological polar surface area (TPSA) is 75.7 Å². The van der Waals surface area contributed by atoms with E-state index in [2.05, 4.69) is 5.32 Å². The van der Waals surface area contributed by atoms with Crippen LogP contribution < -0.4 is 14.4 Å². The number of rotatable bonds is 3. The third-order valence-corrected chi connectivity index (χ3v) is 6.01. The maximum Gasteiger partial charge on any atom is 0.267 e. The first-order valence-electron chi connectivity index (χ1n) is 8.91. The Balaban J connectivity index is 1.92. The van der Waals surface area contributed by atoms with Gasteiger partial charge in [-0.15, -0.1) is 0 Å². The molecule has 0 spiro atoms. The highest BCUT2D eigenvalue weighted by atomic mass is 35.5. The number of amides is 1. The molecule has 0 bridgehead atoms. The molecule has 1 atom stereocenters. The summed E-state index contributed by atoms with van der Waals surface area (Å²) in [7, 11) is -3.65. The van der Waals surface area contributed by atoms with E-state index in [1.165, 1.54) is 16.4 Å². The molecule has 1 heterocycles. The summed E-state index contributed by atoms with van der Waals surface area (Å²) in [4.78, 5) is 12.7. The van der Waals surface area contributed by atoms with Gasteiger partial charge in [0.05, 0.1) is 23.5 Å². The van der Waals surface area contributed by atoms with E-state index in [9.17, 15) is 17.6 Å². The van der Waals surface area contributed by atoms with E-state index < -0.39 is 27.9 Å². The van der Waals surface area contributed by atoms with Gasteiger partial charge in [-0.05, 0) is 41.3 Å². The zero-order valence-corrected chi connectivity index (χ0v) is 18.1. The second-order valence-electron chi connectivity index (χ2n) is 7.95. The van der Waals surface area contributed by atoms with Gasteiger partial charge in [0.1, 0.15) is 11.6 Å². The predicted octanol–water partition coefficient (Wildman–Crippen LogP) is 3.94. The fourth-order valence-corrected chi connectivity index (χ4v) is 4.05. The van der Waals surface area contributed by atoms with Crippen molar-refractivity contribution in [3.05, 3.63) is 52.8 Å². The molecule has 1 aliphatic heterocycles. The zero-order chi connectivity index (χ0) is 21.6. The average Bonchev–Trinajstić information content (AvgIpc) is 2.61. The van der Waals surface area contributed by atoms with Gasteiger partial charge < -0.3 is 10.1 Å². The summed E-state index contributed by atoms with van der Waals surface area (Å²) in [6.45, 7) is 5.88. The number of sulfonamides is 1. The van der Waals surface area contributed by atoms with Crippen molar-refractivity contribution in [1.29, 1.82) is 0 Å². The van der Waals surface area contributed by atoms with Crippen molar-refractivity contribution >= 4 is 38.9 Å². The summed E-state index contributed by atoms with van der Waals surface area (Å²) in [5, 5.41) is 2.45. The molecular weight excluding hydrogens is 419 g/mol. The molecule has 2 aromatic rings. The number of nitrogens with zero attached hydrogens (tertiary/aromatic N) is 1. The third-order valence-electron chi connectivity index (χ3n) is 4.57. The number of fused-ring (bicyclic) bond motifs is 1. The van der Waals surface area contributed by atoms with Gasteiger partial charge in [-0.1, -0.05) is 38.4 Å². The van der Waals surface area contributed by atoms with E-state index in [0.29, 0.717) is 11.4 Å². The minimum atomic E-state index is -3.65. The number of ether oxygens (including phenoxy) is 1. The van der Waals surface area contributed by atoms with Gasteiger partial charge in [0.15, 0.2) is 6.10 Å². The molecule has 0 fully saturated rings. The lowest BCUT2D eigenvalue weighted by Crippen LogP contribution is -2.48. The molecule has 6 nitrogen and oxygen atoms in total. The molecule has 0 radical (unpaired) electrons. The summed E-state index contributed by atoms with van der Waals surface area (Å²) < 4.78 is 45.1. The molecule has 0 unspecified atom stereocenters. The van der Waals surface area contributed by atoms with Crippen LogP contribution in [0.3, 0.4) is 0 Å². The molecule has 0 saturated heterocycles. The maximum atomic E-state index is 13.3. The fourth-order valence-electron chi connectivity index (χ4n) is 2.97. The SMILES string of the molecule is CC(C)(C)c1ccc2c(c1)N(S(C)(=O)=O)C[C@H](C(=O)Nc1ccc(F)c(Cl)c1)O2. The number of halogens is 2. The quantitative estimate of drug-likeness (QED) is 0.784. The lowest BCUT2D eigenvalue weighted by atomic mass is 9.86. The minimum absolute atomic E-state index is 0.134. The van der Waals surface area contributed by atoms with Crippen LogP contribution in [0.25, 0.3) is 0 Å². The number of carbonyl (C=O) groups is 1. The minimum Gasteiger partial charge on any atom is -0.476 e. The molecule has 0 aromatic heterocycles. The van der Waals surface area contributed by atoms with E-state index in [1.807, 2.05) is 26.8 Å². The van der Waals surface area contributed by atoms with Crippen molar-refractivity contribution in [2.24, 2.45) is 0 Å². The first kappa shape index (κ1) is 21.4. The summed E-state index contributed by atoms with van der Waals surface area (Å²) in [6.07, 6.45) is 0.00199. The van der Waals surface area contributed by atoms with Crippen molar-refractivity contribution in [3.8, 4) is 5.75 Å². The molecule has 156 valence electrons. The Morgan fingerprint density at radius 2 is 1.93 bits per heavy atom. The zero-order valence-electron chi connectivity index (χ0n) is 16.5. The van der Waals surface area contributed by atoms with Gasteiger partial charge >= 0.3 is 0 Å². The van der Waals surface area contributed by atoms with E-state index in [1.54, 1.807) is 12.1 Å². The summed E-state index contributed by atoms with van der Waals surface area (Å²) in [5.41, 5.74) is 1.44. The van der Waals surface area contributed by atoms with Crippen molar-refractivity contribution in [1.82, 2.24) is 0 Å². The lowest BCUT2D eigenvalue weighted by molar-refractivity contribution is -0.122. The molecule has 1 amide bonds. The Morgan fingerprint density at radius 3 is 2.52 bits per heavy atom. The van der Waals surface area contributed by atoms with Crippen LogP contribution in [0.15, 0.2) is 36.4 Å². The molecule has 29 heavy (non-hydrogen) atoms. The van der Waals surface area contributed by atoms with Crippen LogP contribution in [0.4, 0.5) is 15.8 Å². The first-order chi connectivity index (χ1) is 13.4. The normalized spacial score (nSPS) is 16.8. The third kappa shape index (κ3) is 4.64. The first-order valence-corrected chi connectivity index (χ1v) is 11.1. The van der Waals surface area contributed by atoms with Crippen LogP contribution >= 0.6 is 11.6 Å². The monoisotopic (exact) mass is 440 g/mol. The second-order valence-corrected chi connectivity index (χ2v) is 10.3. The number of carbonyl (C=O) groups excluding carboxylic acids is 1. The lowest BCUT2D eigenvalue weighted by Gasteiger charge is -2.35. The van der Waals surface area contributed by atoms with Gasteiger partial charge in [0.25, 0.3) is 5.91 Å². The van der Waals surface area contributed by atoms with Crippen molar-refractivity contribution in [2.75, 3.05) is 22.4 Å². The van der Waals surface area contributed by atoms with Crippen LogP contribution in [0.5, 0.6) is 5.75 Å². The van der Waals surface area contributed by atoms with Crippen LogP contribution in [0, 0.1) is 5.82 Å². The van der Waals surface area contributed by atoms with Gasteiger partial charge in [0, 0.05) is 5.69 Å². The fraction of sp³-hybridized carbons (Fsp3) is 0.350. The van der Waals surface area contributed by atoms with E-state index in [-0.39, 0.29) is 22.7 Å². The van der Waals surface area contributed by atoms with Crippen LogP contribution in [0.1, 0.15) is 26.3 Å². The van der Waals surface area contributed by atoms with Crippen molar-refractivity contribution in [3.63, 3.8) is 0 Å². The van der Waals surface area contributed by atoms with E-state index in [4.69, 9.17) is 16.3 Å². The van der Waals surface area contributed by atoms with E-state index in [0.717, 1.165) is 17.9 Å². The Bertz CT molecular complexity index is 1070. The second kappa shape index (κ2) is 7.50. The molecule has 1 aliphatic rings. The van der Waals surface area contributed by atoms with Crippen LogP contribution in [0.2, 0.25) is 5.02 Å². The standard InChI is InChI=1S/C20H22ClFN2O4S/c1-20(2,3)12-5-8-17-16(9-12)24(29(4,26)27)11-18(28-17)19(25)23-13-6-7-15(22)14(21)10-13/h5-10,18H,11H2,1-4H3,(H,23,25)/t18-/m1/s1. The predicted molar refractivity (Wildman–Crippen MR) is 112 cm³/mol.